The minimum Gasteiger partial charge on any atom is -0.493 e. The Bertz CT molecular complexity index is 614. The molecule has 0 atom stereocenters. The molecule has 0 fully saturated rings. The predicted molar refractivity (Wildman–Crippen MR) is 61.9 cm³/mol. The molecule has 0 aliphatic rings. The summed E-state index contributed by atoms with van der Waals surface area (Å²) in [6.45, 7) is 0. The van der Waals surface area contributed by atoms with E-state index in [1.165, 1.54) is 12.1 Å². The molecule has 2 rings (SSSR count). The van der Waals surface area contributed by atoms with Crippen LogP contribution in [0.3, 0.4) is 0 Å². The Labute approximate surface area is 114 Å². The summed E-state index contributed by atoms with van der Waals surface area (Å²) in [5.41, 5.74) is -1.15. The third-order valence-electron chi connectivity index (χ3n) is 2.02. The van der Waals surface area contributed by atoms with E-state index < -0.39 is 17.8 Å². The molecule has 0 unspecified atom stereocenters. The third kappa shape index (κ3) is 3.24. The SMILES string of the molecule is Oc1cc(C(F)(F)F)nc(-c2cc(Cl)nc(Cl)c2)n1. The van der Waals surface area contributed by atoms with Crippen molar-refractivity contribution in [2.45, 2.75) is 6.18 Å². The number of pyridine rings is 1. The molecule has 0 bridgehead atoms. The molecule has 1 N–H and O–H groups in total. The second kappa shape index (κ2) is 4.82. The van der Waals surface area contributed by atoms with E-state index in [-0.39, 0.29) is 21.7 Å². The minimum absolute atomic E-state index is 0.0250. The average Bonchev–Trinajstić information content (AvgIpc) is 2.25. The molecule has 0 aliphatic heterocycles. The van der Waals surface area contributed by atoms with E-state index >= 15 is 0 Å². The number of hydrogen-bond acceptors (Lipinski definition) is 4. The van der Waals surface area contributed by atoms with E-state index in [2.05, 4.69) is 15.0 Å². The van der Waals surface area contributed by atoms with Gasteiger partial charge in [-0.2, -0.15) is 18.2 Å². The number of aromatic nitrogens is 3. The molecule has 0 spiro atoms. The predicted octanol–water partition coefficient (Wildman–Crippen LogP) is 3.57. The van der Waals surface area contributed by atoms with Crippen LogP contribution in [0.4, 0.5) is 13.2 Å². The van der Waals surface area contributed by atoms with Gasteiger partial charge in [0.15, 0.2) is 11.5 Å². The van der Waals surface area contributed by atoms with Crippen molar-refractivity contribution in [3.8, 4) is 17.3 Å². The first-order chi connectivity index (χ1) is 8.75. The van der Waals surface area contributed by atoms with Crippen LogP contribution in [-0.4, -0.2) is 20.1 Å². The van der Waals surface area contributed by atoms with Gasteiger partial charge in [0.25, 0.3) is 0 Å². The first kappa shape index (κ1) is 13.8. The van der Waals surface area contributed by atoms with Crippen LogP contribution < -0.4 is 0 Å². The van der Waals surface area contributed by atoms with Gasteiger partial charge in [0.2, 0.25) is 5.88 Å². The highest BCUT2D eigenvalue weighted by atomic mass is 35.5. The number of hydrogen-bond donors (Lipinski definition) is 1. The normalized spacial score (nSPS) is 11.6. The van der Waals surface area contributed by atoms with Crippen LogP contribution in [0, 0.1) is 0 Å². The molecule has 2 heterocycles. The first-order valence-electron chi connectivity index (χ1n) is 4.74. The summed E-state index contributed by atoms with van der Waals surface area (Å²) < 4.78 is 37.7. The Morgan fingerprint density at radius 2 is 1.53 bits per heavy atom. The lowest BCUT2D eigenvalue weighted by Crippen LogP contribution is -2.09. The van der Waals surface area contributed by atoms with Crippen molar-refractivity contribution in [1.82, 2.24) is 15.0 Å². The fraction of sp³-hybridized carbons (Fsp3) is 0.100. The standard InChI is InChI=1S/C10H4Cl2F3N3O/c11-6-1-4(2-7(12)17-6)9-16-5(10(13,14)15)3-8(19)18-9/h1-3H,(H,16,18,19). The van der Waals surface area contributed by atoms with E-state index in [9.17, 15) is 18.3 Å². The molecular formula is C10H4Cl2F3N3O. The van der Waals surface area contributed by atoms with Crippen molar-refractivity contribution in [1.29, 1.82) is 0 Å². The van der Waals surface area contributed by atoms with Crippen molar-refractivity contribution in [2.24, 2.45) is 0 Å². The number of halogens is 5. The molecule has 9 heteroatoms. The van der Waals surface area contributed by atoms with Crippen LogP contribution >= 0.6 is 23.2 Å². The van der Waals surface area contributed by atoms with Gasteiger partial charge in [-0.3, -0.25) is 0 Å². The molecule has 0 saturated carbocycles. The van der Waals surface area contributed by atoms with Gasteiger partial charge in [-0.15, -0.1) is 0 Å². The lowest BCUT2D eigenvalue weighted by molar-refractivity contribution is -0.141. The fourth-order valence-electron chi connectivity index (χ4n) is 1.30. The van der Waals surface area contributed by atoms with Gasteiger partial charge in [0.05, 0.1) is 0 Å². The van der Waals surface area contributed by atoms with Crippen molar-refractivity contribution >= 4 is 23.2 Å². The van der Waals surface area contributed by atoms with E-state index in [0.717, 1.165) is 0 Å². The van der Waals surface area contributed by atoms with Gasteiger partial charge < -0.3 is 5.11 Å². The first-order valence-corrected chi connectivity index (χ1v) is 5.50. The number of rotatable bonds is 1. The van der Waals surface area contributed by atoms with E-state index in [4.69, 9.17) is 23.2 Å². The van der Waals surface area contributed by atoms with Gasteiger partial charge in [-0.05, 0) is 12.1 Å². The van der Waals surface area contributed by atoms with Crippen LogP contribution in [0.15, 0.2) is 18.2 Å². The van der Waals surface area contributed by atoms with Gasteiger partial charge in [0.1, 0.15) is 10.3 Å². The molecule has 2 aromatic heterocycles. The number of nitrogens with zero attached hydrogens (tertiary/aromatic N) is 3. The highest BCUT2D eigenvalue weighted by Crippen LogP contribution is 2.31. The summed E-state index contributed by atoms with van der Waals surface area (Å²) in [5.74, 6) is -1.15. The van der Waals surface area contributed by atoms with E-state index in [1.54, 1.807) is 0 Å². The van der Waals surface area contributed by atoms with Gasteiger partial charge in [-0.1, -0.05) is 23.2 Å². The Morgan fingerprint density at radius 1 is 0.947 bits per heavy atom. The number of aromatic hydroxyl groups is 1. The van der Waals surface area contributed by atoms with Crippen molar-refractivity contribution < 1.29 is 18.3 Å². The summed E-state index contributed by atoms with van der Waals surface area (Å²) >= 11 is 11.3. The molecule has 0 radical (unpaired) electrons. The molecule has 2 aromatic rings. The van der Waals surface area contributed by atoms with E-state index in [0.29, 0.717) is 6.07 Å². The molecular weight excluding hydrogens is 306 g/mol. The second-order valence-corrected chi connectivity index (χ2v) is 4.21. The van der Waals surface area contributed by atoms with Crippen molar-refractivity contribution in [3.63, 3.8) is 0 Å². The average molecular weight is 310 g/mol. The Morgan fingerprint density at radius 3 is 2.05 bits per heavy atom. The maximum atomic E-state index is 12.6. The smallest absolute Gasteiger partial charge is 0.433 e. The molecule has 4 nitrogen and oxygen atoms in total. The largest absolute Gasteiger partial charge is 0.493 e. The monoisotopic (exact) mass is 309 g/mol. The summed E-state index contributed by atoms with van der Waals surface area (Å²) in [7, 11) is 0. The van der Waals surface area contributed by atoms with E-state index in [1.807, 2.05) is 0 Å². The topological polar surface area (TPSA) is 58.9 Å². The Balaban J connectivity index is 2.59. The third-order valence-corrected chi connectivity index (χ3v) is 2.41. The lowest BCUT2D eigenvalue weighted by Gasteiger charge is -2.08. The molecule has 0 saturated heterocycles. The zero-order valence-electron chi connectivity index (χ0n) is 8.91. The fourth-order valence-corrected chi connectivity index (χ4v) is 1.76. The summed E-state index contributed by atoms with van der Waals surface area (Å²) in [6.07, 6.45) is -4.70. The van der Waals surface area contributed by atoms with Crippen LogP contribution in [0.1, 0.15) is 5.69 Å². The molecule has 0 amide bonds. The maximum absolute atomic E-state index is 12.6. The summed E-state index contributed by atoms with van der Waals surface area (Å²) in [6, 6.07) is 2.90. The quantitative estimate of drug-likeness (QED) is 0.818. The lowest BCUT2D eigenvalue weighted by atomic mass is 10.2. The van der Waals surface area contributed by atoms with Crippen LogP contribution in [0.2, 0.25) is 10.3 Å². The molecule has 0 aliphatic carbocycles. The van der Waals surface area contributed by atoms with Crippen molar-refractivity contribution in [2.75, 3.05) is 0 Å². The summed E-state index contributed by atoms with van der Waals surface area (Å²) in [5, 5.41) is 9.17. The van der Waals surface area contributed by atoms with Crippen LogP contribution in [0.5, 0.6) is 5.88 Å². The Kier molecular flexibility index (Phi) is 3.51. The maximum Gasteiger partial charge on any atom is 0.433 e. The van der Waals surface area contributed by atoms with Crippen molar-refractivity contribution in [3.05, 3.63) is 34.2 Å². The second-order valence-electron chi connectivity index (χ2n) is 3.43. The van der Waals surface area contributed by atoms with Gasteiger partial charge in [0, 0.05) is 11.6 Å². The summed E-state index contributed by atoms with van der Waals surface area (Å²) in [4.78, 5) is 10.5. The number of alkyl halides is 3. The Hall–Kier alpha value is -1.60. The molecule has 0 aromatic carbocycles. The highest BCUT2D eigenvalue weighted by molar-refractivity contribution is 6.32. The van der Waals surface area contributed by atoms with Gasteiger partial charge >= 0.3 is 6.18 Å². The van der Waals surface area contributed by atoms with Gasteiger partial charge in [-0.25, -0.2) is 9.97 Å². The molecule has 100 valence electrons. The highest BCUT2D eigenvalue weighted by Gasteiger charge is 2.34. The van der Waals surface area contributed by atoms with Crippen LogP contribution in [0.25, 0.3) is 11.4 Å². The zero-order valence-corrected chi connectivity index (χ0v) is 10.4. The van der Waals surface area contributed by atoms with Crippen LogP contribution in [-0.2, 0) is 6.18 Å². The molecule has 19 heavy (non-hydrogen) atoms. The minimum atomic E-state index is -4.70. The zero-order chi connectivity index (χ0) is 14.2.